The van der Waals surface area contributed by atoms with Crippen molar-refractivity contribution in [3.05, 3.63) is 71.0 Å². The van der Waals surface area contributed by atoms with Crippen LogP contribution in [0.5, 0.6) is 0 Å². The molecule has 1 heterocycles. The molecule has 146 valence electrons. The Labute approximate surface area is 167 Å². The Balaban J connectivity index is 1.15. The van der Waals surface area contributed by atoms with Gasteiger partial charge in [0.2, 0.25) is 0 Å². The second kappa shape index (κ2) is 4.22. The van der Waals surface area contributed by atoms with Gasteiger partial charge in [0.25, 0.3) is 0 Å². The predicted octanol–water partition coefficient (Wildman–Crippen LogP) is 3.26. The maximum atomic E-state index is 13.5. The first kappa shape index (κ1) is 15.4. The van der Waals surface area contributed by atoms with Crippen molar-refractivity contribution in [3.63, 3.8) is 0 Å². The Hall–Kier alpha value is -2.40. The number of hydrogen-bond acceptors (Lipinski definition) is 3. The largest absolute Gasteiger partial charge is 0.441 e. The van der Waals surface area contributed by atoms with E-state index in [9.17, 15) is 9.18 Å². The molecule has 1 spiro atoms. The van der Waals surface area contributed by atoms with Gasteiger partial charge in [-0.2, -0.15) is 0 Å². The highest BCUT2D eigenvalue weighted by Crippen LogP contribution is 3.14. The van der Waals surface area contributed by atoms with Crippen LogP contribution < -0.4 is 5.73 Å². The summed E-state index contributed by atoms with van der Waals surface area (Å²) in [5.74, 6) is 1.95. The summed E-state index contributed by atoms with van der Waals surface area (Å²) in [4.78, 5) is 15.3. The third kappa shape index (κ3) is 1.25. The number of halogens is 1. The summed E-state index contributed by atoms with van der Waals surface area (Å²) in [6, 6.07) is 14.5. The lowest BCUT2D eigenvalue weighted by Crippen LogP contribution is -2.85. The molecule has 0 saturated heterocycles. The van der Waals surface area contributed by atoms with Crippen molar-refractivity contribution in [2.75, 3.05) is 6.54 Å². The summed E-state index contributed by atoms with van der Waals surface area (Å²) in [5.41, 5.74) is 9.80. The number of benzene rings is 2. The average Bonchev–Trinajstić information content (AvgIpc) is 3.57. The molecule has 5 heteroatoms. The molecule has 1 aliphatic heterocycles. The molecule has 0 aromatic heterocycles. The van der Waals surface area contributed by atoms with Crippen molar-refractivity contribution < 1.29 is 13.9 Å². The summed E-state index contributed by atoms with van der Waals surface area (Å²) in [5, 5.41) is 0. The molecule has 2 aromatic rings. The summed E-state index contributed by atoms with van der Waals surface area (Å²) < 4.78 is 19.8. The molecular weight excluding hydrogens is 367 g/mol. The maximum absolute atomic E-state index is 13.5. The lowest BCUT2D eigenvalue weighted by molar-refractivity contribution is -0.258. The smallest absolute Gasteiger partial charge is 0.411 e. The second-order valence-corrected chi connectivity index (χ2v) is 9.96. The molecular formula is C24H21FN2O2. The normalized spacial score (nSPS) is 48.1. The molecule has 5 saturated carbocycles. The zero-order chi connectivity index (χ0) is 19.3. The molecule has 6 aliphatic rings. The van der Waals surface area contributed by atoms with E-state index in [0.29, 0.717) is 30.2 Å². The van der Waals surface area contributed by atoms with Crippen molar-refractivity contribution >= 4 is 6.09 Å². The van der Waals surface area contributed by atoms with Gasteiger partial charge in [-0.25, -0.2) is 9.18 Å². The highest BCUT2D eigenvalue weighted by Gasteiger charge is 3.24. The average molecular weight is 388 g/mol. The fraction of sp³-hybridized carbons (Fsp3) is 0.458. The van der Waals surface area contributed by atoms with Crippen LogP contribution in [0, 0.1) is 34.9 Å². The first-order chi connectivity index (χ1) is 14.1. The summed E-state index contributed by atoms with van der Waals surface area (Å²) in [6.07, 6.45) is 1.82. The number of ether oxygens (including phenoxy) is 1. The number of nitrogens with two attached hydrogens (primary N) is 1. The first-order valence-electron chi connectivity index (χ1n) is 10.7. The van der Waals surface area contributed by atoms with Crippen LogP contribution in [-0.4, -0.2) is 28.7 Å². The topological polar surface area (TPSA) is 55.6 Å². The molecule has 4 unspecified atom stereocenters. The van der Waals surface area contributed by atoms with E-state index in [2.05, 4.69) is 12.1 Å². The minimum atomic E-state index is -0.271. The summed E-state index contributed by atoms with van der Waals surface area (Å²) >= 11 is 0. The molecule has 2 aromatic carbocycles. The first-order valence-corrected chi connectivity index (χ1v) is 10.7. The SMILES string of the molecule is NC12C3CC1C1C4(OC(=O)N5CCc6ccccc6[C@@H]5c5ccc(F)cc5)C3C124. The van der Waals surface area contributed by atoms with Gasteiger partial charge >= 0.3 is 6.09 Å². The van der Waals surface area contributed by atoms with Crippen molar-refractivity contribution in [2.45, 2.75) is 30.0 Å². The van der Waals surface area contributed by atoms with Gasteiger partial charge in [0.1, 0.15) is 11.4 Å². The minimum absolute atomic E-state index is 0.00648. The van der Waals surface area contributed by atoms with Crippen LogP contribution in [-0.2, 0) is 11.2 Å². The van der Waals surface area contributed by atoms with Gasteiger partial charge in [0.15, 0.2) is 0 Å². The number of carbonyl (C=O) groups is 1. The van der Waals surface area contributed by atoms with Gasteiger partial charge in [-0.05, 0) is 53.5 Å². The standard InChI is InChI=1S/C24H21FN2O2/c25-14-7-5-13(6-8-14)18-15-4-2-1-3-12(15)9-10-27(18)21(28)29-24-19-16-11-17-20(24)22(19,24)23(16,17)26/h1-8,16-20H,9-11,26H2/t16?,17?,18-,19?,20?,22?,23?,24?/m0/s1. The van der Waals surface area contributed by atoms with Crippen LogP contribution in [0.15, 0.2) is 48.5 Å². The van der Waals surface area contributed by atoms with Crippen molar-refractivity contribution in [3.8, 4) is 0 Å². The van der Waals surface area contributed by atoms with Crippen LogP contribution in [0.1, 0.15) is 29.2 Å². The van der Waals surface area contributed by atoms with E-state index in [1.54, 1.807) is 12.1 Å². The molecule has 1 amide bonds. The maximum Gasteiger partial charge on any atom is 0.411 e. The van der Waals surface area contributed by atoms with Crippen molar-refractivity contribution in [1.29, 1.82) is 0 Å². The van der Waals surface area contributed by atoms with Gasteiger partial charge in [0, 0.05) is 29.3 Å². The van der Waals surface area contributed by atoms with Crippen molar-refractivity contribution in [2.24, 2.45) is 34.8 Å². The highest BCUT2D eigenvalue weighted by molar-refractivity contribution is 5.79. The van der Waals surface area contributed by atoms with Gasteiger partial charge in [0.05, 0.1) is 6.04 Å². The number of carbonyl (C=O) groups excluding carboxylic acids is 1. The molecule has 4 nitrogen and oxygen atoms in total. The molecule has 0 bridgehead atoms. The third-order valence-electron chi connectivity index (χ3n) is 9.60. The fourth-order valence-electron chi connectivity index (χ4n) is 8.65. The van der Waals surface area contributed by atoms with Crippen LogP contribution >= 0.6 is 0 Å². The monoisotopic (exact) mass is 388 g/mol. The van der Waals surface area contributed by atoms with E-state index in [1.165, 1.54) is 24.1 Å². The van der Waals surface area contributed by atoms with E-state index < -0.39 is 0 Å². The molecule has 5 fully saturated rings. The van der Waals surface area contributed by atoms with Gasteiger partial charge in [-0.3, -0.25) is 4.90 Å². The van der Waals surface area contributed by atoms with Gasteiger partial charge < -0.3 is 10.5 Å². The fourth-order valence-corrected chi connectivity index (χ4v) is 8.65. The number of nitrogens with zero attached hydrogens (tertiary/aromatic N) is 1. The Kier molecular flexibility index (Phi) is 2.25. The van der Waals surface area contributed by atoms with E-state index in [1.807, 2.05) is 17.0 Å². The van der Waals surface area contributed by atoms with E-state index >= 15 is 0 Å². The molecule has 8 rings (SSSR count). The van der Waals surface area contributed by atoms with Crippen LogP contribution in [0.25, 0.3) is 0 Å². The Morgan fingerprint density at radius 2 is 1.83 bits per heavy atom. The van der Waals surface area contributed by atoms with Gasteiger partial charge in [-0.1, -0.05) is 36.4 Å². The Bertz CT molecular complexity index is 1110. The van der Waals surface area contributed by atoms with Crippen LogP contribution in [0.2, 0.25) is 0 Å². The number of fused-ring (bicyclic) bond motifs is 5. The Morgan fingerprint density at radius 3 is 2.52 bits per heavy atom. The van der Waals surface area contributed by atoms with E-state index in [4.69, 9.17) is 10.5 Å². The zero-order valence-electron chi connectivity index (χ0n) is 15.8. The van der Waals surface area contributed by atoms with Gasteiger partial charge in [-0.15, -0.1) is 0 Å². The minimum Gasteiger partial charge on any atom is -0.441 e. The summed E-state index contributed by atoms with van der Waals surface area (Å²) in [6.45, 7) is 0.608. The van der Waals surface area contributed by atoms with Crippen LogP contribution in [0.3, 0.4) is 0 Å². The predicted molar refractivity (Wildman–Crippen MR) is 102 cm³/mol. The van der Waals surface area contributed by atoms with E-state index in [0.717, 1.165) is 17.5 Å². The third-order valence-corrected chi connectivity index (χ3v) is 9.60. The molecule has 5 aliphatic carbocycles. The molecule has 2 N–H and O–H groups in total. The van der Waals surface area contributed by atoms with E-state index in [-0.39, 0.29) is 34.5 Å². The van der Waals surface area contributed by atoms with Crippen LogP contribution in [0.4, 0.5) is 9.18 Å². The second-order valence-electron chi connectivity index (χ2n) is 9.96. The number of amides is 1. The zero-order valence-corrected chi connectivity index (χ0v) is 15.8. The molecule has 5 atom stereocenters. The summed E-state index contributed by atoms with van der Waals surface area (Å²) in [7, 11) is 0. The quantitative estimate of drug-likeness (QED) is 0.859. The molecule has 29 heavy (non-hydrogen) atoms. The lowest BCUT2D eigenvalue weighted by atomic mass is 9.30. The Morgan fingerprint density at radius 1 is 1.10 bits per heavy atom. The highest BCUT2D eigenvalue weighted by atomic mass is 19.1. The molecule has 0 radical (unpaired) electrons. The number of rotatable bonds is 2. The lowest BCUT2D eigenvalue weighted by Gasteiger charge is -2.75. The number of hydrogen-bond donors (Lipinski definition) is 1. The van der Waals surface area contributed by atoms with Crippen molar-refractivity contribution in [1.82, 2.24) is 4.90 Å².